The molecule has 2 aromatic carbocycles. The number of oxazole rings is 1. The highest BCUT2D eigenvalue weighted by atomic mass is 35.5. The molecule has 0 saturated heterocycles. The lowest BCUT2D eigenvalue weighted by molar-refractivity contribution is -0.143. The molecule has 0 bridgehead atoms. The molecule has 4 N–H and O–H groups in total. The molecule has 1 fully saturated rings. The highest BCUT2D eigenvalue weighted by molar-refractivity contribution is 6.33. The first-order chi connectivity index (χ1) is 19.9. The molecule has 0 aliphatic heterocycles. The molecule has 0 amide bonds. The van der Waals surface area contributed by atoms with Gasteiger partial charge in [0.05, 0.1) is 16.1 Å². The zero-order valence-corrected chi connectivity index (χ0v) is 22.1. The Bertz CT molecular complexity index is 1610. The molecule has 42 heavy (non-hydrogen) atoms. The Morgan fingerprint density at radius 2 is 1.74 bits per heavy atom. The number of imidazole rings is 1. The minimum absolute atomic E-state index is 0.0148. The van der Waals surface area contributed by atoms with Gasteiger partial charge in [-0.05, 0) is 42.7 Å². The number of nitrogens with two attached hydrogens (primary N) is 1. The van der Waals surface area contributed by atoms with Gasteiger partial charge in [0, 0.05) is 30.4 Å². The number of rotatable bonds is 9. The van der Waals surface area contributed by atoms with E-state index in [0.29, 0.717) is 28.6 Å². The lowest BCUT2D eigenvalue weighted by Crippen LogP contribution is -2.33. The van der Waals surface area contributed by atoms with Crippen molar-refractivity contribution < 1.29 is 35.6 Å². The smallest absolute Gasteiger partial charge is 0.416 e. The number of benzene rings is 2. The molecule has 0 unspecified atom stereocenters. The second kappa shape index (κ2) is 11.2. The molecule has 5 rings (SSSR count). The van der Waals surface area contributed by atoms with Gasteiger partial charge in [0.15, 0.2) is 5.89 Å². The number of halogens is 7. The first kappa shape index (κ1) is 29.2. The predicted molar refractivity (Wildman–Crippen MR) is 139 cm³/mol. The summed E-state index contributed by atoms with van der Waals surface area (Å²) in [5, 5.41) is 3.02. The summed E-state index contributed by atoms with van der Waals surface area (Å²) in [4.78, 5) is 22.3. The van der Waals surface area contributed by atoms with Crippen molar-refractivity contribution in [3.8, 4) is 11.3 Å². The Hall–Kier alpha value is -4.30. The van der Waals surface area contributed by atoms with Crippen LogP contribution in [0.4, 0.5) is 26.3 Å². The van der Waals surface area contributed by atoms with Crippen molar-refractivity contribution >= 4 is 23.2 Å². The quantitative estimate of drug-likeness (QED) is 0.0664. The van der Waals surface area contributed by atoms with Gasteiger partial charge < -0.3 is 15.2 Å². The monoisotopic (exact) mass is 610 g/mol. The molecular weight excluding hydrogens is 590 g/mol. The average molecular weight is 611 g/mol. The lowest BCUT2D eigenvalue weighted by Gasteiger charge is -2.18. The van der Waals surface area contributed by atoms with E-state index in [0.717, 1.165) is 12.8 Å². The Labute approximate surface area is 239 Å². The normalized spacial score (nSPS) is 14.5. The molecule has 1 aliphatic carbocycles. The van der Waals surface area contributed by atoms with E-state index >= 15 is 0 Å². The highest BCUT2D eigenvalue weighted by Crippen LogP contribution is 2.43. The van der Waals surface area contributed by atoms with Crippen molar-refractivity contribution in [3.05, 3.63) is 100 Å². The molecule has 2 heterocycles. The van der Waals surface area contributed by atoms with Crippen molar-refractivity contribution in [1.82, 2.24) is 25.3 Å². The standard InChI is InChI=1S/C27H21ClF6N6O2/c28-19-4-2-1-3-18(19)20-23(42-25(38-20)15-5-6-15)22(41)21(39-35)24(40-8-7-36-13-40)37-12-14-9-16(26(29,30)31)11-17(10-14)27(32,33)34/h1-4,7-11,13,15,37,39H,5-6,12,35H2/b24-21+. The third-order valence-corrected chi connectivity index (χ3v) is 6.71. The summed E-state index contributed by atoms with van der Waals surface area (Å²) in [5.74, 6) is 4.96. The van der Waals surface area contributed by atoms with Crippen LogP contribution in [0.15, 0.2) is 71.3 Å². The largest absolute Gasteiger partial charge is 0.436 e. The molecule has 4 aromatic rings. The van der Waals surface area contributed by atoms with Gasteiger partial charge in [-0.1, -0.05) is 29.8 Å². The zero-order valence-electron chi connectivity index (χ0n) is 21.4. The number of alkyl halides is 6. The van der Waals surface area contributed by atoms with E-state index in [1.807, 2.05) is 0 Å². The summed E-state index contributed by atoms with van der Waals surface area (Å²) in [7, 11) is 0. The van der Waals surface area contributed by atoms with E-state index < -0.39 is 35.8 Å². The van der Waals surface area contributed by atoms with E-state index in [-0.39, 0.29) is 40.5 Å². The fourth-order valence-corrected chi connectivity index (χ4v) is 4.42. The Morgan fingerprint density at radius 1 is 1.07 bits per heavy atom. The predicted octanol–water partition coefficient (Wildman–Crippen LogP) is 6.37. The third kappa shape index (κ3) is 6.14. The van der Waals surface area contributed by atoms with Crippen LogP contribution >= 0.6 is 11.6 Å². The third-order valence-electron chi connectivity index (χ3n) is 6.38. The number of carbonyl (C=O) groups excluding carboxylic acids is 1. The Morgan fingerprint density at radius 3 is 2.29 bits per heavy atom. The minimum Gasteiger partial charge on any atom is -0.436 e. The molecule has 1 aliphatic rings. The molecular formula is C27H21ClF6N6O2. The van der Waals surface area contributed by atoms with Crippen molar-refractivity contribution in [2.75, 3.05) is 0 Å². The van der Waals surface area contributed by atoms with Crippen LogP contribution in [-0.4, -0.2) is 20.3 Å². The first-order valence-corrected chi connectivity index (χ1v) is 12.8. The average Bonchev–Trinajstić information content (AvgIpc) is 3.46. The fourth-order valence-electron chi connectivity index (χ4n) is 4.19. The SMILES string of the molecule is NN/C(C(=O)c1oc(C2CC2)nc1-c1ccccc1Cl)=C(\NCc1cc(C(F)(F)F)cc(C(F)(F)F)c1)n1ccnc1. The molecule has 8 nitrogen and oxygen atoms in total. The van der Waals surface area contributed by atoms with Crippen molar-refractivity contribution in [2.45, 2.75) is 37.7 Å². The van der Waals surface area contributed by atoms with Crippen LogP contribution in [0.3, 0.4) is 0 Å². The number of hydrazine groups is 1. The molecule has 15 heteroatoms. The number of aromatic nitrogens is 3. The zero-order chi connectivity index (χ0) is 30.2. The topological polar surface area (TPSA) is 111 Å². The number of ketones is 1. The van der Waals surface area contributed by atoms with Gasteiger partial charge in [-0.2, -0.15) is 26.3 Å². The van der Waals surface area contributed by atoms with Gasteiger partial charge in [0.2, 0.25) is 5.76 Å². The van der Waals surface area contributed by atoms with Gasteiger partial charge >= 0.3 is 12.4 Å². The number of nitrogens with zero attached hydrogens (tertiary/aromatic N) is 3. The number of hydrogen-bond donors (Lipinski definition) is 3. The second-order valence-electron chi connectivity index (χ2n) is 9.42. The van der Waals surface area contributed by atoms with E-state index in [1.54, 1.807) is 24.3 Å². The number of Topliss-reactive ketones (excluding diaryl/α,β-unsaturated/α-hetero) is 1. The van der Waals surface area contributed by atoms with Gasteiger partial charge in [0.25, 0.3) is 5.78 Å². The maximum atomic E-state index is 13.9. The molecule has 1 saturated carbocycles. The summed E-state index contributed by atoms with van der Waals surface area (Å²) >= 11 is 6.37. The van der Waals surface area contributed by atoms with Gasteiger partial charge in [-0.25, -0.2) is 9.97 Å². The summed E-state index contributed by atoms with van der Waals surface area (Å²) in [5.41, 5.74) is -0.796. The number of nitrogens with one attached hydrogen (secondary N) is 2. The summed E-state index contributed by atoms with van der Waals surface area (Å²) in [6.07, 6.45) is -4.43. The second-order valence-corrected chi connectivity index (χ2v) is 9.83. The van der Waals surface area contributed by atoms with Gasteiger partial charge in [-0.15, -0.1) is 0 Å². The summed E-state index contributed by atoms with van der Waals surface area (Å²) in [6.45, 7) is -0.555. The number of allylic oxidation sites excluding steroid dienone is 1. The summed E-state index contributed by atoms with van der Waals surface area (Å²) < 4.78 is 87.5. The highest BCUT2D eigenvalue weighted by Gasteiger charge is 2.37. The van der Waals surface area contributed by atoms with Crippen LogP contribution < -0.4 is 16.6 Å². The number of hydrogen-bond acceptors (Lipinski definition) is 7. The van der Waals surface area contributed by atoms with E-state index in [9.17, 15) is 31.1 Å². The lowest BCUT2D eigenvalue weighted by atomic mass is 10.0. The van der Waals surface area contributed by atoms with Gasteiger partial charge in [0.1, 0.15) is 23.5 Å². The maximum Gasteiger partial charge on any atom is 0.416 e. The molecule has 0 radical (unpaired) electrons. The van der Waals surface area contributed by atoms with Crippen LogP contribution in [0.25, 0.3) is 17.1 Å². The van der Waals surface area contributed by atoms with Crippen LogP contribution in [0.1, 0.15) is 51.9 Å². The first-order valence-electron chi connectivity index (χ1n) is 12.4. The maximum absolute atomic E-state index is 13.9. The Kier molecular flexibility index (Phi) is 7.77. The van der Waals surface area contributed by atoms with E-state index in [4.69, 9.17) is 21.9 Å². The van der Waals surface area contributed by atoms with Crippen molar-refractivity contribution in [1.29, 1.82) is 0 Å². The molecule has 2 aromatic heterocycles. The molecule has 220 valence electrons. The van der Waals surface area contributed by atoms with E-state index in [2.05, 4.69) is 20.7 Å². The van der Waals surface area contributed by atoms with E-state index in [1.165, 1.54) is 23.3 Å². The number of carbonyl (C=O) groups is 1. The van der Waals surface area contributed by atoms with Crippen LogP contribution in [-0.2, 0) is 18.9 Å². The fraction of sp³-hybridized carbons (Fsp3) is 0.222. The Balaban J connectivity index is 1.58. The molecule has 0 atom stereocenters. The summed E-state index contributed by atoms with van der Waals surface area (Å²) in [6, 6.07) is 7.84. The van der Waals surface area contributed by atoms with Crippen molar-refractivity contribution in [3.63, 3.8) is 0 Å². The minimum atomic E-state index is -5.03. The van der Waals surface area contributed by atoms with Crippen LogP contribution in [0.5, 0.6) is 0 Å². The van der Waals surface area contributed by atoms with Crippen LogP contribution in [0, 0.1) is 0 Å². The van der Waals surface area contributed by atoms with Crippen LogP contribution in [0.2, 0.25) is 5.02 Å². The van der Waals surface area contributed by atoms with Crippen molar-refractivity contribution in [2.24, 2.45) is 5.84 Å². The van der Waals surface area contributed by atoms with Gasteiger partial charge in [-0.3, -0.25) is 15.2 Å². The molecule has 0 spiro atoms.